The topological polar surface area (TPSA) is 64.2 Å². The molecule has 0 aliphatic heterocycles. The number of anilines is 1. The highest BCUT2D eigenvalue weighted by Crippen LogP contribution is 2.12. The van der Waals surface area contributed by atoms with Crippen LogP contribution in [0.4, 0.5) is 5.69 Å². The highest BCUT2D eigenvalue weighted by Gasteiger charge is 2.20. The lowest BCUT2D eigenvalue weighted by Gasteiger charge is -2.20. The van der Waals surface area contributed by atoms with Crippen LogP contribution < -0.4 is 5.73 Å². The van der Waals surface area contributed by atoms with E-state index in [9.17, 15) is 4.79 Å². The number of nitrogens with zero attached hydrogens (tertiary/aromatic N) is 3. The molecule has 5 nitrogen and oxygen atoms in total. The molecule has 0 aromatic carbocycles. The summed E-state index contributed by atoms with van der Waals surface area (Å²) in [5, 5.41) is 3.96. The first kappa shape index (κ1) is 12.3. The molecule has 2 N–H and O–H groups in total. The summed E-state index contributed by atoms with van der Waals surface area (Å²) < 4.78 is 1.50. The molecule has 0 atom stereocenters. The van der Waals surface area contributed by atoms with Gasteiger partial charge in [0.05, 0.1) is 11.9 Å². The van der Waals surface area contributed by atoms with Crippen LogP contribution in [0, 0.1) is 0 Å². The molecule has 0 unspecified atom stereocenters. The van der Waals surface area contributed by atoms with Gasteiger partial charge in [-0.2, -0.15) is 5.10 Å². The number of aromatic nitrogens is 2. The minimum Gasteiger partial charge on any atom is -0.396 e. The molecular formula is C11H18N4O. The lowest BCUT2D eigenvalue weighted by molar-refractivity contribution is 0.0764. The first-order valence-corrected chi connectivity index (χ1v) is 5.29. The number of amides is 1. The van der Waals surface area contributed by atoms with E-state index >= 15 is 0 Å². The molecule has 1 amide bonds. The average Bonchev–Trinajstić information content (AvgIpc) is 2.57. The Bertz CT molecular complexity index is 364. The van der Waals surface area contributed by atoms with Gasteiger partial charge in [-0.3, -0.25) is 9.48 Å². The van der Waals surface area contributed by atoms with Crippen molar-refractivity contribution in [3.05, 3.63) is 24.5 Å². The van der Waals surface area contributed by atoms with Gasteiger partial charge in [0.1, 0.15) is 5.69 Å². The smallest absolute Gasteiger partial charge is 0.274 e. The van der Waals surface area contributed by atoms with Crippen LogP contribution in [-0.4, -0.2) is 33.7 Å². The van der Waals surface area contributed by atoms with Gasteiger partial charge in [0.25, 0.3) is 5.91 Å². The van der Waals surface area contributed by atoms with E-state index in [1.807, 2.05) is 6.92 Å². The second-order valence-electron chi connectivity index (χ2n) is 3.61. The summed E-state index contributed by atoms with van der Waals surface area (Å²) in [7, 11) is 1.71. The van der Waals surface area contributed by atoms with Crippen molar-refractivity contribution >= 4 is 11.6 Å². The molecule has 0 radical (unpaired) electrons. The van der Waals surface area contributed by atoms with E-state index in [-0.39, 0.29) is 5.91 Å². The van der Waals surface area contributed by atoms with E-state index in [2.05, 4.69) is 11.7 Å². The maximum atomic E-state index is 12.2. The Morgan fingerprint density at radius 1 is 1.75 bits per heavy atom. The summed E-state index contributed by atoms with van der Waals surface area (Å²) in [5.74, 6) is -0.0979. The van der Waals surface area contributed by atoms with Gasteiger partial charge in [-0.25, -0.2) is 0 Å². The van der Waals surface area contributed by atoms with Crippen LogP contribution in [0.5, 0.6) is 0 Å². The average molecular weight is 222 g/mol. The molecule has 0 aliphatic rings. The molecule has 88 valence electrons. The predicted molar refractivity (Wildman–Crippen MR) is 64.0 cm³/mol. The van der Waals surface area contributed by atoms with E-state index in [0.717, 1.165) is 6.42 Å². The fourth-order valence-electron chi connectivity index (χ4n) is 1.57. The minimum absolute atomic E-state index is 0.0979. The highest BCUT2D eigenvalue weighted by atomic mass is 16.2. The third-order valence-corrected chi connectivity index (χ3v) is 2.30. The summed E-state index contributed by atoms with van der Waals surface area (Å²) in [6.07, 6.45) is 4.10. The quantitative estimate of drug-likeness (QED) is 0.757. The molecule has 1 aromatic rings. The zero-order valence-corrected chi connectivity index (χ0v) is 9.81. The van der Waals surface area contributed by atoms with Crippen molar-refractivity contribution < 1.29 is 4.79 Å². The van der Waals surface area contributed by atoms with Crippen molar-refractivity contribution in [2.75, 3.05) is 18.8 Å². The fourth-order valence-corrected chi connectivity index (χ4v) is 1.57. The number of rotatable bonds is 5. The Hall–Kier alpha value is -1.78. The SMILES string of the molecule is C=CCN(CCC)C(=O)c1c(N)cnn1C. The van der Waals surface area contributed by atoms with Crippen LogP contribution in [0.3, 0.4) is 0 Å². The van der Waals surface area contributed by atoms with E-state index in [1.165, 1.54) is 10.9 Å². The maximum Gasteiger partial charge on any atom is 0.274 e. The molecule has 5 heteroatoms. The summed E-state index contributed by atoms with van der Waals surface area (Å²) >= 11 is 0. The zero-order valence-electron chi connectivity index (χ0n) is 9.81. The lowest BCUT2D eigenvalue weighted by atomic mass is 10.3. The molecule has 1 heterocycles. The second-order valence-corrected chi connectivity index (χ2v) is 3.61. The van der Waals surface area contributed by atoms with Gasteiger partial charge >= 0.3 is 0 Å². The Balaban J connectivity index is 2.93. The van der Waals surface area contributed by atoms with Crippen molar-refractivity contribution in [3.8, 4) is 0 Å². The number of hydrogen-bond acceptors (Lipinski definition) is 3. The van der Waals surface area contributed by atoms with Crippen LogP contribution in [0.1, 0.15) is 23.8 Å². The predicted octanol–water partition coefficient (Wildman–Crippen LogP) is 1.04. The van der Waals surface area contributed by atoms with Crippen molar-refractivity contribution in [1.82, 2.24) is 14.7 Å². The van der Waals surface area contributed by atoms with E-state index in [4.69, 9.17) is 5.73 Å². The summed E-state index contributed by atoms with van der Waals surface area (Å²) in [6.45, 7) is 6.88. The Labute approximate surface area is 95.5 Å². The Morgan fingerprint density at radius 3 is 2.88 bits per heavy atom. The monoisotopic (exact) mass is 222 g/mol. The number of carbonyl (C=O) groups excluding carboxylic acids is 1. The van der Waals surface area contributed by atoms with Crippen molar-refractivity contribution in [2.45, 2.75) is 13.3 Å². The van der Waals surface area contributed by atoms with Gasteiger partial charge in [0, 0.05) is 20.1 Å². The number of nitrogens with two attached hydrogens (primary N) is 1. The van der Waals surface area contributed by atoms with Crippen LogP contribution in [0.15, 0.2) is 18.9 Å². The number of carbonyl (C=O) groups is 1. The molecule has 0 saturated heterocycles. The van der Waals surface area contributed by atoms with Gasteiger partial charge in [0.15, 0.2) is 0 Å². The second kappa shape index (κ2) is 5.34. The normalized spacial score (nSPS) is 10.1. The molecule has 0 fully saturated rings. The van der Waals surface area contributed by atoms with Gasteiger partial charge in [-0.15, -0.1) is 6.58 Å². The first-order valence-electron chi connectivity index (χ1n) is 5.29. The molecule has 0 saturated carbocycles. The van der Waals surface area contributed by atoms with Crippen molar-refractivity contribution in [2.24, 2.45) is 7.05 Å². The third kappa shape index (κ3) is 2.42. The molecule has 16 heavy (non-hydrogen) atoms. The van der Waals surface area contributed by atoms with Crippen molar-refractivity contribution in [3.63, 3.8) is 0 Å². The Kier molecular flexibility index (Phi) is 4.10. The number of nitrogen functional groups attached to an aromatic ring is 1. The van der Waals surface area contributed by atoms with E-state index < -0.39 is 0 Å². The van der Waals surface area contributed by atoms with Crippen LogP contribution in [0.25, 0.3) is 0 Å². The summed E-state index contributed by atoms with van der Waals surface area (Å²) in [5.41, 5.74) is 6.57. The molecule has 0 aliphatic carbocycles. The van der Waals surface area contributed by atoms with Crippen molar-refractivity contribution in [1.29, 1.82) is 0 Å². The van der Waals surface area contributed by atoms with E-state index in [0.29, 0.717) is 24.5 Å². The van der Waals surface area contributed by atoms with Crippen LogP contribution in [-0.2, 0) is 7.05 Å². The summed E-state index contributed by atoms with van der Waals surface area (Å²) in [6, 6.07) is 0. The van der Waals surface area contributed by atoms with Gasteiger partial charge in [-0.1, -0.05) is 13.0 Å². The van der Waals surface area contributed by atoms with Crippen LogP contribution >= 0.6 is 0 Å². The third-order valence-electron chi connectivity index (χ3n) is 2.30. The number of hydrogen-bond donors (Lipinski definition) is 1. The zero-order chi connectivity index (χ0) is 12.1. The van der Waals surface area contributed by atoms with E-state index in [1.54, 1.807) is 18.0 Å². The van der Waals surface area contributed by atoms with Gasteiger partial charge in [-0.05, 0) is 6.42 Å². The van der Waals surface area contributed by atoms with Crippen LogP contribution in [0.2, 0.25) is 0 Å². The highest BCUT2D eigenvalue weighted by molar-refractivity contribution is 5.97. The largest absolute Gasteiger partial charge is 0.396 e. The lowest BCUT2D eigenvalue weighted by Crippen LogP contribution is -2.33. The standard InChI is InChI=1S/C11H18N4O/c1-4-6-15(7-5-2)11(16)10-9(12)8-13-14(10)3/h4,8H,1,5-7,12H2,2-3H3. The maximum absolute atomic E-state index is 12.2. The molecular weight excluding hydrogens is 204 g/mol. The Morgan fingerprint density at radius 2 is 2.44 bits per heavy atom. The molecule has 1 rings (SSSR count). The first-order chi connectivity index (χ1) is 7.61. The molecule has 0 bridgehead atoms. The summed E-state index contributed by atoms with van der Waals surface area (Å²) in [4.78, 5) is 13.9. The number of aryl methyl sites for hydroxylation is 1. The van der Waals surface area contributed by atoms with Gasteiger partial charge in [0.2, 0.25) is 0 Å². The van der Waals surface area contributed by atoms with Gasteiger partial charge < -0.3 is 10.6 Å². The minimum atomic E-state index is -0.0979. The fraction of sp³-hybridized carbons (Fsp3) is 0.455. The molecule has 1 aromatic heterocycles. The molecule has 0 spiro atoms.